The molecule has 0 fully saturated rings. The van der Waals surface area contributed by atoms with Crippen molar-refractivity contribution in [1.29, 1.82) is 0 Å². The number of alkyl halides is 3. The summed E-state index contributed by atoms with van der Waals surface area (Å²) in [6, 6.07) is 8.88. The number of hydrogen-bond donors (Lipinski definition) is 2. The molecule has 1 aliphatic heterocycles. The zero-order valence-corrected chi connectivity index (χ0v) is 15.0. The highest BCUT2D eigenvalue weighted by Crippen LogP contribution is 2.43. The molecule has 0 unspecified atom stereocenters. The minimum atomic E-state index is -4.33. The van der Waals surface area contributed by atoms with Crippen molar-refractivity contribution < 1.29 is 23.4 Å². The van der Waals surface area contributed by atoms with Crippen LogP contribution in [0.2, 0.25) is 0 Å². The third-order valence-corrected chi connectivity index (χ3v) is 5.02. The van der Waals surface area contributed by atoms with Crippen LogP contribution in [0.5, 0.6) is 11.5 Å². The fourth-order valence-electron chi connectivity index (χ4n) is 3.41. The second-order valence-corrected chi connectivity index (χ2v) is 7.25. The van der Waals surface area contributed by atoms with Gasteiger partial charge >= 0.3 is 6.18 Å². The van der Waals surface area contributed by atoms with E-state index < -0.39 is 18.8 Å². The maximum atomic E-state index is 13.1. The molecule has 7 heteroatoms. The molecule has 1 heterocycles. The van der Waals surface area contributed by atoms with Crippen LogP contribution in [0.15, 0.2) is 40.9 Å². The van der Waals surface area contributed by atoms with E-state index in [1.54, 1.807) is 31.2 Å². The molecule has 134 valence electrons. The van der Waals surface area contributed by atoms with Crippen molar-refractivity contribution in [1.82, 2.24) is 4.90 Å². The summed E-state index contributed by atoms with van der Waals surface area (Å²) in [4.78, 5) is 1.39. The highest BCUT2D eigenvalue weighted by atomic mass is 79.9. The topological polar surface area (TPSA) is 43.7 Å². The standard InChI is InChI=1S/C18H17BrF3NO2/c1-10-6-12-7-15(24)16(25)8-14(12)17(23(10)9-18(20,21)22)11-2-4-13(19)5-3-11/h2-5,7-8,10,17,24-25H,6,9H2,1H3/t10-,17-/m1/s1. The van der Waals surface area contributed by atoms with E-state index in [1.165, 1.54) is 17.0 Å². The highest BCUT2D eigenvalue weighted by molar-refractivity contribution is 9.10. The number of benzene rings is 2. The van der Waals surface area contributed by atoms with E-state index in [-0.39, 0.29) is 17.5 Å². The summed E-state index contributed by atoms with van der Waals surface area (Å²) in [5.41, 5.74) is 2.03. The van der Waals surface area contributed by atoms with Crippen molar-refractivity contribution in [2.24, 2.45) is 0 Å². The predicted molar refractivity (Wildman–Crippen MR) is 91.7 cm³/mol. The molecule has 25 heavy (non-hydrogen) atoms. The van der Waals surface area contributed by atoms with E-state index >= 15 is 0 Å². The van der Waals surface area contributed by atoms with Crippen molar-refractivity contribution in [3.63, 3.8) is 0 Å². The van der Waals surface area contributed by atoms with Gasteiger partial charge in [0.15, 0.2) is 11.5 Å². The van der Waals surface area contributed by atoms with Crippen LogP contribution in [0.4, 0.5) is 13.2 Å². The van der Waals surface area contributed by atoms with Crippen LogP contribution < -0.4 is 0 Å². The summed E-state index contributed by atoms with van der Waals surface area (Å²) in [5.74, 6) is -0.591. The Kier molecular flexibility index (Phi) is 4.72. The Labute approximate surface area is 151 Å². The molecule has 0 radical (unpaired) electrons. The fraction of sp³-hybridized carbons (Fsp3) is 0.333. The molecule has 3 nitrogen and oxygen atoms in total. The zero-order valence-electron chi connectivity index (χ0n) is 13.4. The van der Waals surface area contributed by atoms with E-state index in [4.69, 9.17) is 0 Å². The molecule has 2 aromatic rings. The Balaban J connectivity index is 2.15. The van der Waals surface area contributed by atoms with Gasteiger partial charge in [-0.3, -0.25) is 4.90 Å². The van der Waals surface area contributed by atoms with Crippen LogP contribution in [-0.2, 0) is 6.42 Å². The first-order chi connectivity index (χ1) is 11.7. The third-order valence-electron chi connectivity index (χ3n) is 4.49. The quantitative estimate of drug-likeness (QED) is 0.695. The lowest BCUT2D eigenvalue weighted by atomic mass is 9.84. The number of aromatic hydroxyl groups is 2. The van der Waals surface area contributed by atoms with E-state index in [9.17, 15) is 23.4 Å². The van der Waals surface area contributed by atoms with Gasteiger partial charge in [-0.1, -0.05) is 28.1 Å². The Morgan fingerprint density at radius 1 is 1.12 bits per heavy atom. The molecule has 0 spiro atoms. The molecule has 0 saturated heterocycles. The van der Waals surface area contributed by atoms with Crippen LogP contribution in [-0.4, -0.2) is 33.9 Å². The summed E-state index contributed by atoms with van der Waals surface area (Å²) in [6.45, 7) is 0.695. The lowest BCUT2D eigenvalue weighted by molar-refractivity contribution is -0.155. The first-order valence-corrected chi connectivity index (χ1v) is 8.57. The molecular weight excluding hydrogens is 399 g/mol. The van der Waals surface area contributed by atoms with Gasteiger partial charge in [0.25, 0.3) is 0 Å². The Morgan fingerprint density at radius 2 is 1.72 bits per heavy atom. The van der Waals surface area contributed by atoms with Gasteiger partial charge in [0.05, 0.1) is 12.6 Å². The molecule has 0 bridgehead atoms. The van der Waals surface area contributed by atoms with Crippen LogP contribution in [0.1, 0.15) is 29.7 Å². The lowest BCUT2D eigenvalue weighted by Crippen LogP contribution is -2.47. The zero-order chi connectivity index (χ0) is 18.4. The minimum Gasteiger partial charge on any atom is -0.504 e. The number of hydrogen-bond acceptors (Lipinski definition) is 3. The van der Waals surface area contributed by atoms with Crippen LogP contribution >= 0.6 is 15.9 Å². The van der Waals surface area contributed by atoms with E-state index in [0.717, 1.165) is 10.0 Å². The smallest absolute Gasteiger partial charge is 0.401 e. The maximum absolute atomic E-state index is 13.1. The van der Waals surface area contributed by atoms with Gasteiger partial charge < -0.3 is 10.2 Å². The number of fused-ring (bicyclic) bond motifs is 1. The summed E-state index contributed by atoms with van der Waals surface area (Å²) >= 11 is 3.33. The number of phenols is 2. The first-order valence-electron chi connectivity index (χ1n) is 7.78. The number of halogens is 4. The van der Waals surface area contributed by atoms with Gasteiger partial charge in [0.2, 0.25) is 0 Å². The first kappa shape index (κ1) is 18.1. The molecule has 2 atom stereocenters. The molecule has 0 aliphatic carbocycles. The van der Waals surface area contributed by atoms with Gasteiger partial charge in [-0.25, -0.2) is 0 Å². The minimum absolute atomic E-state index is 0.259. The summed E-state index contributed by atoms with van der Waals surface area (Å²) < 4.78 is 40.3. The van der Waals surface area contributed by atoms with E-state index in [2.05, 4.69) is 15.9 Å². The summed E-state index contributed by atoms with van der Waals surface area (Å²) in [7, 11) is 0. The molecule has 0 aromatic heterocycles. The maximum Gasteiger partial charge on any atom is 0.401 e. The van der Waals surface area contributed by atoms with E-state index in [0.29, 0.717) is 17.5 Å². The summed E-state index contributed by atoms with van der Waals surface area (Å²) in [5, 5.41) is 19.6. The van der Waals surface area contributed by atoms with Gasteiger partial charge in [0.1, 0.15) is 0 Å². The average Bonchev–Trinajstić information content (AvgIpc) is 2.50. The number of rotatable bonds is 2. The van der Waals surface area contributed by atoms with Gasteiger partial charge in [0, 0.05) is 10.5 Å². The van der Waals surface area contributed by atoms with Crippen molar-refractivity contribution >= 4 is 15.9 Å². The number of phenolic OH excluding ortho intramolecular Hbond substituents is 2. The molecule has 0 saturated carbocycles. The van der Waals surface area contributed by atoms with Gasteiger partial charge in [-0.05, 0) is 54.3 Å². The fourth-order valence-corrected chi connectivity index (χ4v) is 3.67. The van der Waals surface area contributed by atoms with Crippen molar-refractivity contribution in [3.05, 3.63) is 57.6 Å². The monoisotopic (exact) mass is 415 g/mol. The highest BCUT2D eigenvalue weighted by Gasteiger charge is 2.40. The Hall–Kier alpha value is -1.73. The second kappa shape index (κ2) is 6.53. The van der Waals surface area contributed by atoms with Crippen molar-refractivity contribution in [2.75, 3.05) is 6.54 Å². The van der Waals surface area contributed by atoms with Crippen LogP contribution in [0.25, 0.3) is 0 Å². The van der Waals surface area contributed by atoms with Crippen LogP contribution in [0, 0.1) is 0 Å². The van der Waals surface area contributed by atoms with Gasteiger partial charge in [-0.2, -0.15) is 13.2 Å². The second-order valence-electron chi connectivity index (χ2n) is 6.33. The SMILES string of the molecule is C[C@@H]1Cc2cc(O)c(O)cc2[C@@H](c2ccc(Br)cc2)N1CC(F)(F)F. The van der Waals surface area contributed by atoms with Crippen molar-refractivity contribution in [2.45, 2.75) is 31.6 Å². The predicted octanol–water partition coefficient (Wildman–Crippen LogP) is 4.76. The van der Waals surface area contributed by atoms with E-state index in [1.807, 2.05) is 0 Å². The van der Waals surface area contributed by atoms with Gasteiger partial charge in [-0.15, -0.1) is 0 Å². The normalized spacial score (nSPS) is 21.2. The Morgan fingerprint density at radius 3 is 2.32 bits per heavy atom. The number of nitrogens with zero attached hydrogens (tertiary/aromatic N) is 1. The third kappa shape index (κ3) is 3.77. The summed E-state index contributed by atoms with van der Waals surface area (Å²) in [6.07, 6.45) is -3.97. The van der Waals surface area contributed by atoms with Crippen molar-refractivity contribution in [3.8, 4) is 11.5 Å². The average molecular weight is 416 g/mol. The molecular formula is C18H17BrF3NO2. The molecule has 2 N–H and O–H groups in total. The largest absolute Gasteiger partial charge is 0.504 e. The lowest BCUT2D eigenvalue weighted by Gasteiger charge is -2.42. The molecule has 3 rings (SSSR count). The molecule has 2 aromatic carbocycles. The molecule has 0 amide bonds. The Bertz CT molecular complexity index is 777. The van der Waals surface area contributed by atoms with Crippen LogP contribution in [0.3, 0.4) is 0 Å². The molecule has 1 aliphatic rings.